The van der Waals surface area contributed by atoms with Crippen molar-refractivity contribution in [2.45, 2.75) is 90.6 Å². The second-order valence-corrected chi connectivity index (χ2v) is 11.8. The Balaban J connectivity index is 0. The lowest BCUT2D eigenvalue weighted by molar-refractivity contribution is -0.147. The largest absolute Gasteiger partial charge is 0.492 e. The van der Waals surface area contributed by atoms with E-state index in [0.29, 0.717) is 31.7 Å². The topological polar surface area (TPSA) is 154 Å². The number of ether oxygens (including phenoxy) is 2. The molecule has 0 fully saturated rings. The molecule has 27 heavy (non-hydrogen) atoms. The molecule has 0 saturated heterocycles. The van der Waals surface area contributed by atoms with E-state index in [1.807, 2.05) is 6.92 Å². The molecule has 0 aliphatic carbocycles. The maximum Gasteiger partial charge on any atom is 0.492 e. The summed E-state index contributed by atoms with van der Waals surface area (Å²) in [5.74, 6) is -0.627. The molecule has 0 aliphatic rings. The fourth-order valence-corrected chi connectivity index (χ4v) is 3.77. The summed E-state index contributed by atoms with van der Waals surface area (Å²) in [7, 11) is -6.82. The van der Waals surface area contributed by atoms with E-state index in [1.165, 1.54) is 20.4 Å². The van der Waals surface area contributed by atoms with Gasteiger partial charge in [-0.2, -0.15) is 0 Å². The van der Waals surface area contributed by atoms with E-state index in [9.17, 15) is 19.2 Å². The number of carbonyl (C=O) groups excluding carboxylic acids is 2. The molecule has 0 aromatic carbocycles. The predicted molar refractivity (Wildman–Crippen MR) is 104 cm³/mol. The van der Waals surface area contributed by atoms with Crippen LogP contribution in [0.4, 0.5) is 0 Å². The number of rotatable bonds is 11. The van der Waals surface area contributed by atoms with Crippen LogP contribution >= 0.6 is 0 Å². The van der Waals surface area contributed by atoms with Gasteiger partial charge in [0.2, 0.25) is 0 Å². The Kier molecular flexibility index (Phi) is 14.9. The molecule has 0 heterocycles. The summed E-state index contributed by atoms with van der Waals surface area (Å²) in [6.45, 7) is 7.86. The molecule has 0 radical (unpaired) electrons. The second kappa shape index (κ2) is 14.2. The Morgan fingerprint density at radius 2 is 1.37 bits per heavy atom. The van der Waals surface area contributed by atoms with Crippen LogP contribution in [0.2, 0.25) is 18.6 Å². The van der Waals surface area contributed by atoms with Gasteiger partial charge in [-0.05, 0) is 51.6 Å². The maximum absolute atomic E-state index is 10.7. The summed E-state index contributed by atoms with van der Waals surface area (Å²) in [4.78, 5) is 65.4. The van der Waals surface area contributed by atoms with Gasteiger partial charge in [0.1, 0.15) is 6.10 Å². The van der Waals surface area contributed by atoms with Gasteiger partial charge in [-0.25, -0.2) is 0 Å². The first-order valence-electron chi connectivity index (χ1n) is 9.12. The second-order valence-electron chi connectivity index (χ2n) is 6.84. The molecule has 0 bridgehead atoms. The Morgan fingerprint density at radius 1 is 0.889 bits per heavy atom. The van der Waals surface area contributed by atoms with Gasteiger partial charge in [0.25, 0.3) is 0 Å². The third kappa shape index (κ3) is 25.2. The Labute approximate surface area is 163 Å². The number of esters is 2. The summed E-state index contributed by atoms with van der Waals surface area (Å²) in [5, 5.41) is 0. The molecule has 0 aromatic heterocycles. The molecular formula is C16H36O9Si2. The van der Waals surface area contributed by atoms with Crippen LogP contribution in [-0.4, -0.2) is 65.5 Å². The van der Waals surface area contributed by atoms with Crippen molar-refractivity contribution in [3.05, 3.63) is 0 Å². The minimum atomic E-state index is -3.90. The van der Waals surface area contributed by atoms with Crippen molar-refractivity contribution in [3.63, 3.8) is 0 Å². The normalized spacial score (nSPS) is 13.9. The average molecular weight is 429 g/mol. The van der Waals surface area contributed by atoms with Crippen molar-refractivity contribution in [1.29, 1.82) is 0 Å². The standard InChI is InChI=1S/C9H20O4Si.C7H16O5Si/c1-4-9(13-8(2)10)6-5-7-14(3,11)12;1-6(12-7(2)8)4-3-5-13(9,10)11/h9,11-12H,4-7H2,1-3H3;6,9-11H,3-5H2,1-2H3. The van der Waals surface area contributed by atoms with Crippen LogP contribution in [0.15, 0.2) is 0 Å². The van der Waals surface area contributed by atoms with Gasteiger partial charge < -0.3 is 33.5 Å². The monoisotopic (exact) mass is 428 g/mol. The van der Waals surface area contributed by atoms with Crippen LogP contribution in [0.5, 0.6) is 0 Å². The van der Waals surface area contributed by atoms with Crippen molar-refractivity contribution in [1.82, 2.24) is 0 Å². The summed E-state index contributed by atoms with van der Waals surface area (Å²) >= 11 is 0. The SMILES string of the molecule is CC(=O)OC(C)CCC[Si](O)(O)O.CCC(CCC[Si](C)(O)O)OC(C)=O. The molecular weight excluding hydrogens is 392 g/mol. The lowest BCUT2D eigenvalue weighted by Gasteiger charge is -2.16. The van der Waals surface area contributed by atoms with Gasteiger partial charge in [0.05, 0.1) is 6.10 Å². The molecule has 0 spiro atoms. The Morgan fingerprint density at radius 3 is 1.74 bits per heavy atom. The highest BCUT2D eigenvalue weighted by Gasteiger charge is 2.26. The van der Waals surface area contributed by atoms with E-state index >= 15 is 0 Å². The Hall–Kier alpha value is -0.826. The number of hydrogen-bond acceptors (Lipinski definition) is 9. The lowest BCUT2D eigenvalue weighted by atomic mass is 10.1. The zero-order valence-corrected chi connectivity index (χ0v) is 19.0. The summed E-state index contributed by atoms with van der Waals surface area (Å²) in [6.07, 6.45) is 2.81. The zero-order valence-electron chi connectivity index (χ0n) is 17.0. The van der Waals surface area contributed by atoms with Gasteiger partial charge in [-0.3, -0.25) is 9.59 Å². The van der Waals surface area contributed by atoms with E-state index in [4.69, 9.17) is 23.9 Å². The summed E-state index contributed by atoms with van der Waals surface area (Å²) in [6, 6.07) is 0.420. The minimum absolute atomic E-state index is 0.0153. The summed E-state index contributed by atoms with van der Waals surface area (Å²) < 4.78 is 9.82. The van der Waals surface area contributed by atoms with Crippen LogP contribution < -0.4 is 0 Å². The molecule has 0 saturated carbocycles. The first-order chi connectivity index (χ1) is 12.2. The van der Waals surface area contributed by atoms with Gasteiger partial charge in [-0.1, -0.05) is 6.92 Å². The fourth-order valence-electron chi connectivity index (χ4n) is 2.21. The molecule has 9 nitrogen and oxygen atoms in total. The highest BCUT2D eigenvalue weighted by Crippen LogP contribution is 2.13. The van der Waals surface area contributed by atoms with E-state index in [-0.39, 0.29) is 30.2 Å². The van der Waals surface area contributed by atoms with E-state index in [0.717, 1.165) is 6.42 Å². The highest BCUT2D eigenvalue weighted by atomic mass is 28.4. The molecule has 11 heteroatoms. The predicted octanol–water partition coefficient (Wildman–Crippen LogP) is 0.799. The molecule has 5 N–H and O–H groups in total. The van der Waals surface area contributed by atoms with Crippen LogP contribution in [0.25, 0.3) is 0 Å². The van der Waals surface area contributed by atoms with E-state index in [1.54, 1.807) is 6.92 Å². The third-order valence-corrected chi connectivity index (χ3v) is 5.78. The Bertz CT molecular complexity index is 419. The molecule has 2 unspecified atom stereocenters. The van der Waals surface area contributed by atoms with Crippen molar-refractivity contribution in [3.8, 4) is 0 Å². The molecule has 2 atom stereocenters. The lowest BCUT2D eigenvalue weighted by Crippen LogP contribution is -2.34. The number of carbonyl (C=O) groups is 2. The third-order valence-electron chi connectivity index (χ3n) is 3.45. The first kappa shape index (κ1) is 28.4. The molecule has 162 valence electrons. The van der Waals surface area contributed by atoms with Crippen LogP contribution in [0.1, 0.15) is 59.8 Å². The van der Waals surface area contributed by atoms with Crippen molar-refractivity contribution in [2.75, 3.05) is 0 Å². The van der Waals surface area contributed by atoms with Crippen molar-refractivity contribution in [2.24, 2.45) is 0 Å². The molecule has 0 aliphatic heterocycles. The van der Waals surface area contributed by atoms with E-state index in [2.05, 4.69) is 0 Å². The number of hydrogen-bond donors (Lipinski definition) is 5. The van der Waals surface area contributed by atoms with Gasteiger partial charge in [0, 0.05) is 19.9 Å². The molecule has 0 rings (SSSR count). The average Bonchev–Trinajstić information content (AvgIpc) is 2.42. The maximum atomic E-state index is 10.7. The summed E-state index contributed by atoms with van der Waals surface area (Å²) in [5.41, 5.74) is 0. The van der Waals surface area contributed by atoms with Gasteiger partial charge in [0.15, 0.2) is 0 Å². The fraction of sp³-hybridized carbons (Fsp3) is 0.875. The van der Waals surface area contributed by atoms with Crippen molar-refractivity contribution >= 4 is 29.3 Å². The quantitative estimate of drug-likeness (QED) is 0.237. The smallest absolute Gasteiger partial charge is 0.463 e. The first-order valence-corrected chi connectivity index (χ1v) is 13.8. The van der Waals surface area contributed by atoms with Gasteiger partial charge in [-0.15, -0.1) is 0 Å². The van der Waals surface area contributed by atoms with E-state index < -0.39 is 17.4 Å². The zero-order chi connectivity index (χ0) is 21.7. The highest BCUT2D eigenvalue weighted by molar-refractivity contribution is 6.63. The van der Waals surface area contributed by atoms with Crippen LogP contribution in [0.3, 0.4) is 0 Å². The van der Waals surface area contributed by atoms with Crippen molar-refractivity contribution < 1.29 is 43.0 Å². The van der Waals surface area contributed by atoms with Gasteiger partial charge >= 0.3 is 29.3 Å². The minimum Gasteiger partial charge on any atom is -0.463 e. The van der Waals surface area contributed by atoms with Crippen LogP contribution in [0, 0.1) is 0 Å². The molecule has 0 amide bonds. The molecule has 0 aromatic rings. The van der Waals surface area contributed by atoms with Crippen LogP contribution in [-0.2, 0) is 19.1 Å².